The highest BCUT2D eigenvalue weighted by Gasteiger charge is 2.12. The highest BCUT2D eigenvalue weighted by atomic mass is 35.5. The van der Waals surface area contributed by atoms with Crippen LogP contribution in [-0.4, -0.2) is 19.9 Å². The minimum atomic E-state index is -0.585. The molecule has 1 aromatic carbocycles. The molecule has 3 aromatic rings. The van der Waals surface area contributed by atoms with Gasteiger partial charge in [0.25, 0.3) is 0 Å². The first-order valence-corrected chi connectivity index (χ1v) is 7.24. The summed E-state index contributed by atoms with van der Waals surface area (Å²) in [6.07, 6.45) is 2.96. The van der Waals surface area contributed by atoms with Crippen LogP contribution in [0.1, 0.15) is 5.69 Å². The first kappa shape index (κ1) is 15.6. The SMILES string of the molecule is Cc1ccnc(Oc2ccc(-c3cnc(Cl)nc3Cl)cc2F)n1. The number of halogens is 3. The summed E-state index contributed by atoms with van der Waals surface area (Å²) in [6.45, 7) is 1.79. The van der Waals surface area contributed by atoms with Crippen LogP contribution in [-0.2, 0) is 0 Å². The molecule has 5 nitrogen and oxygen atoms in total. The van der Waals surface area contributed by atoms with Crippen LogP contribution in [0.5, 0.6) is 11.8 Å². The molecule has 0 N–H and O–H groups in total. The molecule has 2 aromatic heterocycles. The van der Waals surface area contributed by atoms with Crippen molar-refractivity contribution < 1.29 is 9.13 Å². The summed E-state index contributed by atoms with van der Waals surface area (Å²) in [5.74, 6) is -0.580. The third-order valence-corrected chi connectivity index (χ3v) is 3.40. The van der Waals surface area contributed by atoms with Crippen molar-refractivity contribution >= 4 is 23.2 Å². The predicted octanol–water partition coefficient (Wildman–Crippen LogP) is 4.48. The molecule has 8 heteroatoms. The van der Waals surface area contributed by atoms with Gasteiger partial charge in [0.1, 0.15) is 5.15 Å². The van der Waals surface area contributed by atoms with Crippen LogP contribution >= 0.6 is 23.2 Å². The number of aromatic nitrogens is 4. The lowest BCUT2D eigenvalue weighted by atomic mass is 10.1. The van der Waals surface area contributed by atoms with Crippen LogP contribution in [0, 0.1) is 12.7 Å². The zero-order chi connectivity index (χ0) is 16.4. The Morgan fingerprint density at radius 3 is 2.61 bits per heavy atom. The van der Waals surface area contributed by atoms with E-state index >= 15 is 0 Å². The van der Waals surface area contributed by atoms with Crippen LogP contribution in [0.15, 0.2) is 36.7 Å². The van der Waals surface area contributed by atoms with Crippen LogP contribution in [0.3, 0.4) is 0 Å². The number of ether oxygens (including phenoxy) is 1. The molecule has 0 bridgehead atoms. The zero-order valence-electron chi connectivity index (χ0n) is 11.8. The molecule has 0 fully saturated rings. The van der Waals surface area contributed by atoms with Gasteiger partial charge < -0.3 is 4.74 Å². The van der Waals surface area contributed by atoms with E-state index in [-0.39, 0.29) is 22.2 Å². The maximum atomic E-state index is 14.2. The summed E-state index contributed by atoms with van der Waals surface area (Å²) in [5.41, 5.74) is 1.69. The molecule has 0 radical (unpaired) electrons. The van der Waals surface area contributed by atoms with Gasteiger partial charge in [0.05, 0.1) is 0 Å². The summed E-state index contributed by atoms with van der Waals surface area (Å²) >= 11 is 11.6. The lowest BCUT2D eigenvalue weighted by Crippen LogP contribution is -1.95. The number of hydrogen-bond donors (Lipinski definition) is 0. The van der Waals surface area contributed by atoms with Crippen LogP contribution < -0.4 is 4.74 Å². The second-order valence-corrected chi connectivity index (χ2v) is 5.27. The molecular formula is C15H9Cl2FN4O. The summed E-state index contributed by atoms with van der Waals surface area (Å²) in [4.78, 5) is 15.7. The topological polar surface area (TPSA) is 60.8 Å². The number of benzene rings is 1. The van der Waals surface area contributed by atoms with E-state index in [4.69, 9.17) is 27.9 Å². The van der Waals surface area contributed by atoms with Gasteiger partial charge >= 0.3 is 6.01 Å². The number of nitrogens with zero attached hydrogens (tertiary/aromatic N) is 4. The second kappa shape index (κ2) is 6.44. The molecule has 0 atom stereocenters. The van der Waals surface area contributed by atoms with Gasteiger partial charge in [0.15, 0.2) is 11.6 Å². The summed E-state index contributed by atoms with van der Waals surface area (Å²) in [5, 5.41) is 0.163. The lowest BCUT2D eigenvalue weighted by molar-refractivity contribution is 0.410. The molecule has 0 aliphatic carbocycles. The summed E-state index contributed by atoms with van der Waals surface area (Å²) in [6, 6.07) is 6.15. The average Bonchev–Trinajstić information content (AvgIpc) is 2.49. The Morgan fingerprint density at radius 1 is 1.09 bits per heavy atom. The standard InChI is InChI=1S/C15H9Cl2FN4O/c1-8-4-5-19-15(21-8)23-12-3-2-9(6-11(12)18)10-7-20-14(17)22-13(10)16/h2-7H,1H3. The molecule has 0 saturated heterocycles. The second-order valence-electron chi connectivity index (χ2n) is 4.57. The van der Waals surface area contributed by atoms with Gasteiger partial charge in [-0.2, -0.15) is 0 Å². The van der Waals surface area contributed by atoms with Crippen molar-refractivity contribution in [2.45, 2.75) is 6.92 Å². The Kier molecular flexibility index (Phi) is 4.36. The molecule has 0 amide bonds. The maximum absolute atomic E-state index is 14.2. The van der Waals surface area contributed by atoms with Crippen molar-refractivity contribution in [3.8, 4) is 22.9 Å². The molecule has 0 aliphatic rings. The van der Waals surface area contributed by atoms with E-state index in [2.05, 4.69) is 19.9 Å². The van der Waals surface area contributed by atoms with E-state index in [0.29, 0.717) is 11.1 Å². The molecule has 0 saturated carbocycles. The van der Waals surface area contributed by atoms with E-state index in [1.807, 2.05) is 0 Å². The van der Waals surface area contributed by atoms with Crippen molar-refractivity contribution in [2.24, 2.45) is 0 Å². The highest BCUT2D eigenvalue weighted by Crippen LogP contribution is 2.31. The Bertz CT molecular complexity index is 876. The fraction of sp³-hybridized carbons (Fsp3) is 0.0667. The minimum Gasteiger partial charge on any atom is -0.421 e. The molecule has 116 valence electrons. The molecule has 23 heavy (non-hydrogen) atoms. The van der Waals surface area contributed by atoms with Gasteiger partial charge in [0, 0.05) is 23.7 Å². The fourth-order valence-corrected chi connectivity index (χ4v) is 2.27. The van der Waals surface area contributed by atoms with E-state index in [1.165, 1.54) is 24.5 Å². The number of aryl methyl sites for hydroxylation is 1. The monoisotopic (exact) mass is 350 g/mol. The van der Waals surface area contributed by atoms with Crippen molar-refractivity contribution in [1.29, 1.82) is 0 Å². The van der Waals surface area contributed by atoms with Crippen molar-refractivity contribution in [3.05, 3.63) is 58.6 Å². The maximum Gasteiger partial charge on any atom is 0.322 e. The zero-order valence-corrected chi connectivity index (χ0v) is 13.3. The Morgan fingerprint density at radius 2 is 1.91 bits per heavy atom. The molecule has 2 heterocycles. The molecular weight excluding hydrogens is 342 g/mol. The Labute approximate surface area is 141 Å². The average molecular weight is 351 g/mol. The fourth-order valence-electron chi connectivity index (χ4n) is 1.86. The Hall–Kier alpha value is -2.31. The molecule has 3 rings (SSSR count). The minimum absolute atomic E-state index is 0.00496. The van der Waals surface area contributed by atoms with E-state index in [0.717, 1.165) is 5.69 Å². The van der Waals surface area contributed by atoms with Gasteiger partial charge in [0.2, 0.25) is 5.28 Å². The quantitative estimate of drug-likeness (QED) is 0.514. The largest absolute Gasteiger partial charge is 0.421 e. The summed E-state index contributed by atoms with van der Waals surface area (Å²) < 4.78 is 19.6. The van der Waals surface area contributed by atoms with Crippen molar-refractivity contribution in [2.75, 3.05) is 0 Å². The van der Waals surface area contributed by atoms with Gasteiger partial charge in [-0.1, -0.05) is 17.7 Å². The normalized spacial score (nSPS) is 10.6. The number of rotatable bonds is 3. The van der Waals surface area contributed by atoms with Gasteiger partial charge in [-0.15, -0.1) is 0 Å². The van der Waals surface area contributed by atoms with Crippen molar-refractivity contribution in [1.82, 2.24) is 19.9 Å². The van der Waals surface area contributed by atoms with Gasteiger partial charge in [-0.25, -0.2) is 24.3 Å². The van der Waals surface area contributed by atoms with E-state index in [9.17, 15) is 4.39 Å². The third kappa shape index (κ3) is 3.55. The first-order chi connectivity index (χ1) is 11.0. The first-order valence-electron chi connectivity index (χ1n) is 6.48. The highest BCUT2D eigenvalue weighted by molar-refractivity contribution is 6.33. The smallest absolute Gasteiger partial charge is 0.322 e. The summed E-state index contributed by atoms with van der Waals surface area (Å²) in [7, 11) is 0. The van der Waals surface area contributed by atoms with Gasteiger partial charge in [-0.3, -0.25) is 0 Å². The Balaban J connectivity index is 1.91. The molecule has 0 aliphatic heterocycles. The van der Waals surface area contributed by atoms with Crippen LogP contribution in [0.25, 0.3) is 11.1 Å². The third-order valence-electron chi connectivity index (χ3n) is 2.93. The molecule has 0 spiro atoms. The van der Waals surface area contributed by atoms with E-state index in [1.54, 1.807) is 19.1 Å². The van der Waals surface area contributed by atoms with Crippen LogP contribution in [0.2, 0.25) is 10.4 Å². The number of hydrogen-bond acceptors (Lipinski definition) is 5. The van der Waals surface area contributed by atoms with Crippen LogP contribution in [0.4, 0.5) is 4.39 Å². The molecule has 0 unspecified atom stereocenters. The van der Waals surface area contributed by atoms with Gasteiger partial charge in [-0.05, 0) is 42.3 Å². The lowest BCUT2D eigenvalue weighted by Gasteiger charge is -2.08. The van der Waals surface area contributed by atoms with E-state index < -0.39 is 5.82 Å². The predicted molar refractivity (Wildman–Crippen MR) is 84.3 cm³/mol. The van der Waals surface area contributed by atoms with Crippen molar-refractivity contribution in [3.63, 3.8) is 0 Å².